The third kappa shape index (κ3) is 5.28. The lowest BCUT2D eigenvalue weighted by Crippen LogP contribution is -2.42. The van der Waals surface area contributed by atoms with Crippen LogP contribution >= 0.6 is 0 Å². The van der Waals surface area contributed by atoms with Crippen LogP contribution in [-0.4, -0.2) is 50.5 Å². The molecule has 0 radical (unpaired) electrons. The van der Waals surface area contributed by atoms with Crippen LogP contribution in [-0.2, 0) is 9.47 Å². The Hall–Kier alpha value is -1.95. The van der Waals surface area contributed by atoms with E-state index in [1.807, 2.05) is 18.2 Å². The van der Waals surface area contributed by atoms with Gasteiger partial charge in [-0.1, -0.05) is 19.4 Å². The molecule has 2 aliphatic rings. The standard InChI is InChI=1S/C21H31NO5/c1-3-4-12-26-21(23)22-11-13-25-20(15-22)16-9-10-18(24-2)19(14-16)27-17-7-5-6-8-17/h9-10,14,17,20H,3-8,11-13,15H2,1-2H3. The van der Waals surface area contributed by atoms with E-state index in [4.69, 9.17) is 18.9 Å². The Labute approximate surface area is 161 Å². The summed E-state index contributed by atoms with van der Waals surface area (Å²) in [6, 6.07) is 5.89. The summed E-state index contributed by atoms with van der Waals surface area (Å²) in [4.78, 5) is 14.0. The molecule has 1 saturated heterocycles. The first kappa shape index (κ1) is 19.8. The summed E-state index contributed by atoms with van der Waals surface area (Å²) < 4.78 is 22.9. The molecule has 1 aromatic rings. The summed E-state index contributed by atoms with van der Waals surface area (Å²) in [6.07, 6.45) is 6.32. The minimum atomic E-state index is -0.257. The maximum Gasteiger partial charge on any atom is 0.409 e. The highest BCUT2D eigenvalue weighted by Gasteiger charge is 2.27. The summed E-state index contributed by atoms with van der Waals surface area (Å²) in [7, 11) is 1.65. The summed E-state index contributed by atoms with van der Waals surface area (Å²) in [6.45, 7) is 4.09. The molecule has 0 bridgehead atoms. The summed E-state index contributed by atoms with van der Waals surface area (Å²) in [5, 5.41) is 0. The number of nitrogens with zero attached hydrogens (tertiary/aromatic N) is 1. The van der Waals surface area contributed by atoms with Crippen molar-refractivity contribution in [2.45, 2.75) is 57.7 Å². The van der Waals surface area contributed by atoms with E-state index in [1.165, 1.54) is 12.8 Å². The zero-order valence-corrected chi connectivity index (χ0v) is 16.4. The van der Waals surface area contributed by atoms with Gasteiger partial charge in [0, 0.05) is 6.54 Å². The van der Waals surface area contributed by atoms with E-state index in [2.05, 4.69) is 6.92 Å². The maximum atomic E-state index is 12.3. The molecule has 1 aromatic carbocycles. The molecule has 6 nitrogen and oxygen atoms in total. The van der Waals surface area contributed by atoms with Crippen LogP contribution in [0, 0.1) is 0 Å². The maximum absolute atomic E-state index is 12.3. The van der Waals surface area contributed by atoms with Gasteiger partial charge in [0.2, 0.25) is 0 Å². The fraction of sp³-hybridized carbons (Fsp3) is 0.667. The molecule has 1 saturated carbocycles. The van der Waals surface area contributed by atoms with Gasteiger partial charge in [-0.15, -0.1) is 0 Å². The van der Waals surface area contributed by atoms with Gasteiger partial charge in [-0.3, -0.25) is 0 Å². The van der Waals surface area contributed by atoms with E-state index in [1.54, 1.807) is 12.0 Å². The van der Waals surface area contributed by atoms with Crippen molar-refractivity contribution in [1.29, 1.82) is 0 Å². The van der Waals surface area contributed by atoms with Crippen LogP contribution in [0.2, 0.25) is 0 Å². The smallest absolute Gasteiger partial charge is 0.409 e. The molecule has 0 aromatic heterocycles. The summed E-state index contributed by atoms with van der Waals surface area (Å²) >= 11 is 0. The zero-order chi connectivity index (χ0) is 19.1. The van der Waals surface area contributed by atoms with E-state index in [0.29, 0.717) is 26.3 Å². The first-order chi connectivity index (χ1) is 13.2. The minimum Gasteiger partial charge on any atom is -0.493 e. The number of hydrogen-bond acceptors (Lipinski definition) is 5. The lowest BCUT2D eigenvalue weighted by molar-refractivity contribution is -0.0288. The first-order valence-corrected chi connectivity index (χ1v) is 10.1. The SMILES string of the molecule is CCCCOC(=O)N1CCOC(c2ccc(OC)c(OC3CCCC3)c2)C1. The Morgan fingerprint density at radius 2 is 2.07 bits per heavy atom. The highest BCUT2D eigenvalue weighted by atomic mass is 16.6. The Kier molecular flexibility index (Phi) is 7.21. The summed E-state index contributed by atoms with van der Waals surface area (Å²) in [5.74, 6) is 1.49. The normalized spacial score (nSPS) is 20.5. The average Bonchev–Trinajstić information content (AvgIpc) is 3.21. The predicted molar refractivity (Wildman–Crippen MR) is 102 cm³/mol. The number of carbonyl (C=O) groups excluding carboxylic acids is 1. The molecule has 1 aliphatic heterocycles. The fourth-order valence-corrected chi connectivity index (χ4v) is 3.58. The second kappa shape index (κ2) is 9.83. The van der Waals surface area contributed by atoms with Gasteiger partial charge in [-0.05, 0) is 49.8 Å². The number of amides is 1. The second-order valence-corrected chi connectivity index (χ2v) is 7.21. The summed E-state index contributed by atoms with van der Waals surface area (Å²) in [5.41, 5.74) is 0.995. The van der Waals surface area contributed by atoms with E-state index in [0.717, 1.165) is 42.7 Å². The molecule has 0 spiro atoms. The minimum absolute atomic E-state index is 0.186. The van der Waals surface area contributed by atoms with Crippen molar-refractivity contribution >= 4 is 6.09 Å². The van der Waals surface area contributed by atoms with Crippen molar-refractivity contribution in [1.82, 2.24) is 4.90 Å². The Morgan fingerprint density at radius 1 is 1.26 bits per heavy atom. The van der Waals surface area contributed by atoms with Crippen LogP contribution in [0.1, 0.15) is 57.1 Å². The van der Waals surface area contributed by atoms with Crippen LogP contribution in [0.5, 0.6) is 11.5 Å². The average molecular weight is 377 g/mol. The molecule has 27 heavy (non-hydrogen) atoms. The van der Waals surface area contributed by atoms with Crippen molar-refractivity contribution in [3.8, 4) is 11.5 Å². The topological polar surface area (TPSA) is 57.2 Å². The number of morpholine rings is 1. The van der Waals surface area contributed by atoms with Crippen molar-refractivity contribution in [2.75, 3.05) is 33.4 Å². The monoisotopic (exact) mass is 377 g/mol. The molecular formula is C21H31NO5. The van der Waals surface area contributed by atoms with Crippen LogP contribution < -0.4 is 9.47 Å². The molecule has 6 heteroatoms. The largest absolute Gasteiger partial charge is 0.493 e. The van der Waals surface area contributed by atoms with E-state index < -0.39 is 0 Å². The number of unbranched alkanes of at least 4 members (excludes halogenated alkanes) is 1. The van der Waals surface area contributed by atoms with E-state index in [9.17, 15) is 4.79 Å². The Balaban J connectivity index is 1.66. The lowest BCUT2D eigenvalue weighted by atomic mass is 10.1. The van der Waals surface area contributed by atoms with Crippen LogP contribution in [0.25, 0.3) is 0 Å². The van der Waals surface area contributed by atoms with Crippen LogP contribution in [0.4, 0.5) is 4.79 Å². The predicted octanol–water partition coefficient (Wildman–Crippen LogP) is 4.33. The molecule has 1 heterocycles. The number of benzene rings is 1. The van der Waals surface area contributed by atoms with Crippen molar-refractivity contribution < 1.29 is 23.7 Å². The Bertz CT molecular complexity index is 615. The number of methoxy groups -OCH3 is 1. The molecule has 150 valence electrons. The highest BCUT2D eigenvalue weighted by molar-refractivity contribution is 5.67. The second-order valence-electron chi connectivity index (χ2n) is 7.21. The zero-order valence-electron chi connectivity index (χ0n) is 16.4. The fourth-order valence-electron chi connectivity index (χ4n) is 3.58. The van der Waals surface area contributed by atoms with Gasteiger partial charge in [0.1, 0.15) is 6.10 Å². The van der Waals surface area contributed by atoms with Gasteiger partial charge in [-0.2, -0.15) is 0 Å². The molecule has 0 N–H and O–H groups in total. The van der Waals surface area contributed by atoms with Crippen LogP contribution in [0.15, 0.2) is 18.2 Å². The van der Waals surface area contributed by atoms with Crippen LogP contribution in [0.3, 0.4) is 0 Å². The number of carbonyl (C=O) groups is 1. The first-order valence-electron chi connectivity index (χ1n) is 10.1. The van der Waals surface area contributed by atoms with Crippen molar-refractivity contribution in [3.05, 3.63) is 23.8 Å². The molecule has 1 amide bonds. The number of hydrogen-bond donors (Lipinski definition) is 0. The van der Waals surface area contributed by atoms with Gasteiger partial charge in [0.15, 0.2) is 11.5 Å². The number of ether oxygens (including phenoxy) is 4. The quantitative estimate of drug-likeness (QED) is 0.662. The molecule has 1 unspecified atom stereocenters. The lowest BCUT2D eigenvalue weighted by Gasteiger charge is -2.32. The molecule has 1 aliphatic carbocycles. The molecule has 2 fully saturated rings. The van der Waals surface area contributed by atoms with Gasteiger partial charge in [0.05, 0.1) is 33.0 Å². The van der Waals surface area contributed by atoms with Gasteiger partial charge < -0.3 is 23.8 Å². The van der Waals surface area contributed by atoms with E-state index >= 15 is 0 Å². The van der Waals surface area contributed by atoms with Gasteiger partial charge in [-0.25, -0.2) is 4.79 Å². The van der Waals surface area contributed by atoms with Crippen molar-refractivity contribution in [2.24, 2.45) is 0 Å². The third-order valence-electron chi connectivity index (χ3n) is 5.20. The molecule has 1 atom stereocenters. The Morgan fingerprint density at radius 3 is 2.81 bits per heavy atom. The van der Waals surface area contributed by atoms with E-state index in [-0.39, 0.29) is 18.3 Å². The van der Waals surface area contributed by atoms with Gasteiger partial charge >= 0.3 is 6.09 Å². The highest BCUT2D eigenvalue weighted by Crippen LogP contribution is 2.35. The van der Waals surface area contributed by atoms with Crippen molar-refractivity contribution in [3.63, 3.8) is 0 Å². The third-order valence-corrected chi connectivity index (χ3v) is 5.20. The molecule has 3 rings (SSSR count). The number of rotatable bonds is 7. The molecular weight excluding hydrogens is 346 g/mol. The van der Waals surface area contributed by atoms with Gasteiger partial charge in [0.25, 0.3) is 0 Å².